The number of aryl methyl sites for hydroxylation is 1. The van der Waals surface area contributed by atoms with Crippen molar-refractivity contribution < 1.29 is 18.9 Å². The largest absolute Gasteiger partial charge is 0.461 e. The standard InChI is InChI=1S/C13H13N3O5/c1-3-20-13(17)9-11(14)21-12(15-9)8-6-4-5-7(2)10(8)16(18)19/h4-6H,3,14H2,1-2H3. The molecule has 0 aliphatic heterocycles. The van der Waals surface area contributed by atoms with Gasteiger partial charge >= 0.3 is 5.97 Å². The Morgan fingerprint density at radius 1 is 1.52 bits per heavy atom. The number of hydrogen-bond donors (Lipinski definition) is 1. The number of carbonyl (C=O) groups is 1. The third-order valence-electron chi connectivity index (χ3n) is 2.77. The van der Waals surface area contributed by atoms with Gasteiger partial charge in [-0.25, -0.2) is 4.79 Å². The topological polar surface area (TPSA) is 121 Å². The van der Waals surface area contributed by atoms with Gasteiger partial charge in [0.05, 0.1) is 11.5 Å². The zero-order valence-electron chi connectivity index (χ0n) is 11.5. The van der Waals surface area contributed by atoms with Crippen molar-refractivity contribution in [1.29, 1.82) is 0 Å². The summed E-state index contributed by atoms with van der Waals surface area (Å²) in [6, 6.07) is 4.70. The van der Waals surface area contributed by atoms with Crippen molar-refractivity contribution in [2.75, 3.05) is 12.3 Å². The quantitative estimate of drug-likeness (QED) is 0.521. The van der Waals surface area contributed by atoms with Crippen molar-refractivity contribution in [3.63, 3.8) is 0 Å². The van der Waals surface area contributed by atoms with Crippen LogP contribution < -0.4 is 5.73 Å². The fourth-order valence-electron chi connectivity index (χ4n) is 1.87. The Balaban J connectivity index is 2.54. The summed E-state index contributed by atoms with van der Waals surface area (Å²) in [7, 11) is 0. The normalized spacial score (nSPS) is 10.4. The van der Waals surface area contributed by atoms with E-state index in [1.165, 1.54) is 6.07 Å². The molecule has 0 saturated carbocycles. The summed E-state index contributed by atoms with van der Waals surface area (Å²) >= 11 is 0. The lowest BCUT2D eigenvalue weighted by molar-refractivity contribution is -0.384. The molecule has 0 spiro atoms. The lowest BCUT2D eigenvalue weighted by Crippen LogP contribution is -2.07. The van der Waals surface area contributed by atoms with Gasteiger partial charge in [-0.15, -0.1) is 0 Å². The number of carbonyl (C=O) groups excluding carboxylic acids is 1. The maximum absolute atomic E-state index is 11.6. The number of para-hydroxylation sites is 1. The lowest BCUT2D eigenvalue weighted by Gasteiger charge is -2.01. The van der Waals surface area contributed by atoms with Crippen LogP contribution >= 0.6 is 0 Å². The van der Waals surface area contributed by atoms with Gasteiger partial charge in [0.15, 0.2) is 0 Å². The van der Waals surface area contributed by atoms with E-state index >= 15 is 0 Å². The van der Waals surface area contributed by atoms with Gasteiger partial charge in [-0.1, -0.05) is 12.1 Å². The Bertz CT molecular complexity index is 708. The van der Waals surface area contributed by atoms with E-state index in [1.807, 2.05) is 0 Å². The minimum Gasteiger partial charge on any atom is -0.461 e. The number of ether oxygens (including phenoxy) is 1. The molecule has 0 aliphatic carbocycles. The number of benzene rings is 1. The molecule has 0 fully saturated rings. The Kier molecular flexibility index (Phi) is 3.88. The van der Waals surface area contributed by atoms with Gasteiger partial charge in [0.1, 0.15) is 5.56 Å². The van der Waals surface area contributed by atoms with Crippen LogP contribution in [0.1, 0.15) is 23.0 Å². The van der Waals surface area contributed by atoms with Crippen LogP contribution in [0.3, 0.4) is 0 Å². The molecule has 2 aromatic rings. The number of aromatic nitrogens is 1. The van der Waals surface area contributed by atoms with Crippen LogP contribution in [-0.2, 0) is 4.74 Å². The molecule has 0 amide bonds. The Hall–Kier alpha value is -2.90. The minimum atomic E-state index is -0.736. The van der Waals surface area contributed by atoms with Crippen LogP contribution in [0.15, 0.2) is 22.6 Å². The van der Waals surface area contributed by atoms with Crippen LogP contribution in [0, 0.1) is 17.0 Å². The second kappa shape index (κ2) is 5.61. The maximum atomic E-state index is 11.6. The molecule has 0 saturated heterocycles. The number of nitro groups is 1. The van der Waals surface area contributed by atoms with Crippen LogP contribution in [0.4, 0.5) is 11.6 Å². The zero-order valence-corrected chi connectivity index (χ0v) is 11.5. The van der Waals surface area contributed by atoms with Crippen LogP contribution in [0.2, 0.25) is 0 Å². The highest BCUT2D eigenvalue weighted by Gasteiger charge is 2.26. The van der Waals surface area contributed by atoms with E-state index in [1.54, 1.807) is 26.0 Å². The highest BCUT2D eigenvalue weighted by Crippen LogP contribution is 2.33. The van der Waals surface area contributed by atoms with Crippen molar-refractivity contribution >= 4 is 17.5 Å². The average molecular weight is 291 g/mol. The number of rotatable bonds is 4. The summed E-state index contributed by atoms with van der Waals surface area (Å²) in [5.41, 5.74) is 5.84. The number of hydrogen-bond acceptors (Lipinski definition) is 7. The second-order valence-electron chi connectivity index (χ2n) is 4.18. The molecule has 1 aromatic heterocycles. The molecule has 110 valence electrons. The molecule has 0 aliphatic rings. The maximum Gasteiger partial charge on any atom is 0.362 e. The predicted molar refractivity (Wildman–Crippen MR) is 73.7 cm³/mol. The summed E-state index contributed by atoms with van der Waals surface area (Å²) in [5, 5.41) is 11.2. The highest BCUT2D eigenvalue weighted by atomic mass is 16.6. The van der Waals surface area contributed by atoms with Gasteiger partial charge in [-0.2, -0.15) is 4.98 Å². The number of nitrogens with two attached hydrogens (primary N) is 1. The number of nitro benzene ring substituents is 1. The van der Waals surface area contributed by atoms with Gasteiger partial charge in [0, 0.05) is 5.56 Å². The monoisotopic (exact) mass is 291 g/mol. The van der Waals surface area contributed by atoms with Crippen molar-refractivity contribution in [2.24, 2.45) is 0 Å². The third kappa shape index (κ3) is 2.69. The first kappa shape index (κ1) is 14.5. The third-order valence-corrected chi connectivity index (χ3v) is 2.77. The molecule has 2 N–H and O–H groups in total. The molecule has 0 atom stereocenters. The van der Waals surface area contributed by atoms with E-state index in [9.17, 15) is 14.9 Å². The van der Waals surface area contributed by atoms with E-state index in [0.29, 0.717) is 5.56 Å². The van der Waals surface area contributed by atoms with Crippen molar-refractivity contribution in [1.82, 2.24) is 4.98 Å². The first-order valence-electron chi connectivity index (χ1n) is 6.13. The smallest absolute Gasteiger partial charge is 0.362 e. The molecule has 21 heavy (non-hydrogen) atoms. The first-order valence-corrected chi connectivity index (χ1v) is 6.13. The van der Waals surface area contributed by atoms with Crippen molar-refractivity contribution in [3.05, 3.63) is 39.6 Å². The van der Waals surface area contributed by atoms with Crippen molar-refractivity contribution in [3.8, 4) is 11.5 Å². The predicted octanol–water partition coefficient (Wildman–Crippen LogP) is 2.32. The van der Waals surface area contributed by atoms with Gasteiger partial charge in [0.25, 0.3) is 5.69 Å². The second-order valence-corrected chi connectivity index (χ2v) is 4.18. The molecular weight excluding hydrogens is 278 g/mol. The number of nitrogen functional groups attached to an aromatic ring is 1. The van der Waals surface area contributed by atoms with Crippen molar-refractivity contribution in [2.45, 2.75) is 13.8 Å². The van der Waals surface area contributed by atoms with Gasteiger partial charge < -0.3 is 14.9 Å². The molecule has 1 aromatic carbocycles. The zero-order chi connectivity index (χ0) is 15.6. The Morgan fingerprint density at radius 2 is 2.24 bits per heavy atom. The summed E-state index contributed by atoms with van der Waals surface area (Å²) < 4.78 is 9.96. The minimum absolute atomic E-state index is 0.0917. The van der Waals surface area contributed by atoms with Gasteiger partial charge in [-0.05, 0) is 19.9 Å². The van der Waals surface area contributed by atoms with E-state index in [0.717, 1.165) is 0 Å². The fourth-order valence-corrected chi connectivity index (χ4v) is 1.87. The molecule has 0 radical (unpaired) electrons. The lowest BCUT2D eigenvalue weighted by atomic mass is 10.1. The van der Waals surface area contributed by atoms with Crippen LogP contribution in [-0.4, -0.2) is 22.5 Å². The van der Waals surface area contributed by atoms with E-state index < -0.39 is 10.9 Å². The van der Waals surface area contributed by atoms with E-state index in [-0.39, 0.29) is 35.3 Å². The summed E-state index contributed by atoms with van der Waals surface area (Å²) in [6.07, 6.45) is 0. The summed E-state index contributed by atoms with van der Waals surface area (Å²) in [4.78, 5) is 26.2. The molecule has 0 bridgehead atoms. The number of esters is 1. The fraction of sp³-hybridized carbons (Fsp3) is 0.231. The summed E-state index contributed by atoms with van der Waals surface area (Å²) in [5.74, 6) is -1.06. The molecule has 2 rings (SSSR count). The number of oxazole rings is 1. The average Bonchev–Trinajstić information content (AvgIpc) is 2.80. The van der Waals surface area contributed by atoms with Gasteiger partial charge in [0.2, 0.25) is 17.5 Å². The Morgan fingerprint density at radius 3 is 2.86 bits per heavy atom. The van der Waals surface area contributed by atoms with Gasteiger partial charge in [-0.3, -0.25) is 10.1 Å². The molecule has 8 nitrogen and oxygen atoms in total. The van der Waals surface area contributed by atoms with Crippen LogP contribution in [0.5, 0.6) is 0 Å². The SMILES string of the molecule is CCOC(=O)c1nc(-c2cccc(C)c2[N+](=O)[O-])oc1N. The molecule has 1 heterocycles. The molecule has 0 unspecified atom stereocenters. The van der Waals surface area contributed by atoms with Crippen LogP contribution in [0.25, 0.3) is 11.5 Å². The van der Waals surface area contributed by atoms with E-state index in [4.69, 9.17) is 14.9 Å². The number of nitrogens with zero attached hydrogens (tertiary/aromatic N) is 2. The first-order chi connectivity index (χ1) is 9.95. The number of anilines is 1. The molecular formula is C13H13N3O5. The van der Waals surface area contributed by atoms with E-state index in [2.05, 4.69) is 4.98 Å². The highest BCUT2D eigenvalue weighted by molar-refractivity contribution is 5.92. The summed E-state index contributed by atoms with van der Waals surface area (Å²) in [6.45, 7) is 3.39. The Labute approximate surface area is 119 Å². The molecule has 8 heteroatoms.